The van der Waals surface area contributed by atoms with Gasteiger partial charge >= 0.3 is 0 Å². The molecule has 0 radical (unpaired) electrons. The Morgan fingerprint density at radius 2 is 2.00 bits per heavy atom. The fourth-order valence-electron chi connectivity index (χ4n) is 4.29. The molecule has 4 rings (SSSR count). The average Bonchev–Trinajstić information content (AvgIpc) is 3.26. The second-order valence-electron chi connectivity index (χ2n) is 7.55. The van der Waals surface area contributed by atoms with Crippen LogP contribution < -0.4 is 0 Å². The molecule has 2 saturated heterocycles. The molecule has 2 aromatic rings. The first-order chi connectivity index (χ1) is 13.5. The average molecular weight is 400 g/mol. The van der Waals surface area contributed by atoms with Crippen molar-refractivity contribution in [3.8, 4) is 0 Å². The first-order valence-electron chi connectivity index (χ1n) is 9.60. The summed E-state index contributed by atoms with van der Waals surface area (Å²) in [6.07, 6.45) is 1.32. The fraction of sp³-hybridized carbons (Fsp3) is 0.476. The Hall–Kier alpha value is -2.25. The van der Waals surface area contributed by atoms with Crippen LogP contribution in [-0.2, 0) is 16.0 Å². The van der Waals surface area contributed by atoms with Crippen molar-refractivity contribution in [2.45, 2.75) is 44.9 Å². The van der Waals surface area contributed by atoms with E-state index in [4.69, 9.17) is 4.74 Å². The van der Waals surface area contributed by atoms with E-state index in [9.17, 15) is 9.59 Å². The van der Waals surface area contributed by atoms with Gasteiger partial charge in [-0.05, 0) is 25.8 Å². The second-order valence-corrected chi connectivity index (χ2v) is 8.75. The minimum atomic E-state index is -0.497. The molecule has 0 bridgehead atoms. The maximum absolute atomic E-state index is 13.4. The summed E-state index contributed by atoms with van der Waals surface area (Å²) in [7, 11) is 1.68. The number of amides is 2. The molecule has 28 heavy (non-hydrogen) atoms. The van der Waals surface area contributed by atoms with Gasteiger partial charge in [-0.2, -0.15) is 0 Å². The van der Waals surface area contributed by atoms with E-state index in [-0.39, 0.29) is 24.0 Å². The molecule has 0 unspecified atom stereocenters. The van der Waals surface area contributed by atoms with E-state index >= 15 is 0 Å². The monoisotopic (exact) mass is 399 g/mol. The van der Waals surface area contributed by atoms with Gasteiger partial charge in [0.05, 0.1) is 22.8 Å². The summed E-state index contributed by atoms with van der Waals surface area (Å²) >= 11 is 1.40. The zero-order valence-electron chi connectivity index (χ0n) is 16.4. The normalized spacial score (nSPS) is 24.5. The standard InChI is InChI=1S/C21H25N3O3S/c1-13-19(28-14(2)22-13)21(26)24-11-16-10-17(27-3)12-23(16)20(25)18(24)9-15-7-5-4-6-8-15/h4-8,16-18H,9-12H2,1-3H3/t16-,17-,18-/m0/s1. The molecule has 2 aliphatic heterocycles. The number of aromatic nitrogens is 1. The van der Waals surface area contributed by atoms with Crippen molar-refractivity contribution in [3.05, 3.63) is 51.5 Å². The van der Waals surface area contributed by atoms with Gasteiger partial charge in [0.15, 0.2) is 0 Å². The minimum Gasteiger partial charge on any atom is -0.380 e. The number of hydrogen-bond acceptors (Lipinski definition) is 5. The Bertz CT molecular complexity index is 882. The van der Waals surface area contributed by atoms with Gasteiger partial charge in [-0.3, -0.25) is 9.59 Å². The van der Waals surface area contributed by atoms with Crippen LogP contribution >= 0.6 is 11.3 Å². The molecule has 0 N–H and O–H groups in total. The lowest BCUT2D eigenvalue weighted by Crippen LogP contribution is -2.61. The smallest absolute Gasteiger partial charge is 0.266 e. The Morgan fingerprint density at radius 1 is 1.25 bits per heavy atom. The van der Waals surface area contributed by atoms with Gasteiger partial charge in [0.2, 0.25) is 5.91 Å². The second kappa shape index (κ2) is 7.64. The molecular formula is C21H25N3O3S. The molecule has 3 atom stereocenters. The molecule has 0 spiro atoms. The largest absolute Gasteiger partial charge is 0.380 e. The van der Waals surface area contributed by atoms with Crippen molar-refractivity contribution >= 4 is 23.2 Å². The van der Waals surface area contributed by atoms with Gasteiger partial charge in [-0.1, -0.05) is 30.3 Å². The minimum absolute atomic E-state index is 0.0164. The van der Waals surface area contributed by atoms with Crippen LogP contribution in [0.1, 0.15) is 32.4 Å². The number of ether oxygens (including phenoxy) is 1. The number of fused-ring (bicyclic) bond motifs is 1. The van der Waals surface area contributed by atoms with E-state index in [0.717, 1.165) is 22.7 Å². The van der Waals surface area contributed by atoms with Gasteiger partial charge in [-0.15, -0.1) is 11.3 Å². The number of methoxy groups -OCH3 is 1. The summed E-state index contributed by atoms with van der Waals surface area (Å²) in [6, 6.07) is 9.42. The third kappa shape index (κ3) is 3.44. The number of carbonyl (C=O) groups is 2. The number of thiazole rings is 1. The summed E-state index contributed by atoms with van der Waals surface area (Å²) in [5.74, 6) is -0.0650. The van der Waals surface area contributed by atoms with Crippen molar-refractivity contribution in [1.82, 2.24) is 14.8 Å². The number of aryl methyl sites for hydroxylation is 2. The highest BCUT2D eigenvalue weighted by molar-refractivity contribution is 7.13. The number of carbonyl (C=O) groups excluding carboxylic acids is 2. The maximum Gasteiger partial charge on any atom is 0.266 e. The van der Waals surface area contributed by atoms with Gasteiger partial charge in [0.1, 0.15) is 10.9 Å². The van der Waals surface area contributed by atoms with Crippen LogP contribution in [-0.4, -0.2) is 65.0 Å². The molecule has 0 saturated carbocycles. The SMILES string of the molecule is CO[C@H]1C[C@H]2CN(C(=O)c3sc(C)nc3C)[C@@H](Cc3ccccc3)C(=O)N2C1. The van der Waals surface area contributed by atoms with E-state index in [1.54, 1.807) is 12.0 Å². The number of rotatable bonds is 4. The first kappa shape index (κ1) is 19.1. The van der Waals surface area contributed by atoms with Crippen molar-refractivity contribution in [2.24, 2.45) is 0 Å². The quantitative estimate of drug-likeness (QED) is 0.792. The van der Waals surface area contributed by atoms with Crippen molar-refractivity contribution in [1.29, 1.82) is 0 Å². The molecule has 2 amide bonds. The fourth-order valence-corrected chi connectivity index (χ4v) is 5.16. The van der Waals surface area contributed by atoms with Gasteiger partial charge in [0, 0.05) is 26.6 Å². The lowest BCUT2D eigenvalue weighted by atomic mass is 9.98. The molecule has 0 aliphatic carbocycles. The zero-order valence-corrected chi connectivity index (χ0v) is 17.2. The van der Waals surface area contributed by atoms with E-state index < -0.39 is 6.04 Å². The Labute approximate surface area is 169 Å². The number of piperazine rings is 1. The highest BCUT2D eigenvalue weighted by Crippen LogP contribution is 2.31. The third-order valence-electron chi connectivity index (χ3n) is 5.69. The van der Waals surface area contributed by atoms with E-state index in [1.807, 2.05) is 49.1 Å². The number of hydrogen-bond donors (Lipinski definition) is 0. The topological polar surface area (TPSA) is 62.7 Å². The summed E-state index contributed by atoms with van der Waals surface area (Å²) < 4.78 is 5.50. The van der Waals surface area contributed by atoms with Gasteiger partial charge in [0.25, 0.3) is 5.91 Å². The lowest BCUT2D eigenvalue weighted by molar-refractivity contribution is -0.142. The predicted octanol–water partition coefficient (Wildman–Crippen LogP) is 2.44. The van der Waals surface area contributed by atoms with E-state index in [1.165, 1.54) is 11.3 Å². The van der Waals surface area contributed by atoms with E-state index in [0.29, 0.717) is 24.4 Å². The van der Waals surface area contributed by atoms with Gasteiger partial charge < -0.3 is 14.5 Å². The van der Waals surface area contributed by atoms with Crippen molar-refractivity contribution < 1.29 is 14.3 Å². The first-order valence-corrected chi connectivity index (χ1v) is 10.4. The van der Waals surface area contributed by atoms with E-state index in [2.05, 4.69) is 4.98 Å². The molecule has 148 valence electrons. The van der Waals surface area contributed by atoms with Crippen molar-refractivity contribution in [2.75, 3.05) is 20.2 Å². The molecule has 3 heterocycles. The third-order valence-corrected chi connectivity index (χ3v) is 6.75. The summed E-state index contributed by atoms with van der Waals surface area (Å²) in [4.78, 5) is 35.5. The van der Waals surface area contributed by atoms with Crippen molar-refractivity contribution in [3.63, 3.8) is 0 Å². The van der Waals surface area contributed by atoms with Crippen LogP contribution in [0.15, 0.2) is 30.3 Å². The zero-order chi connectivity index (χ0) is 19.8. The molecule has 6 nitrogen and oxygen atoms in total. The number of benzene rings is 1. The Balaban J connectivity index is 1.67. The van der Waals surface area contributed by atoms with Crippen LogP contribution in [0, 0.1) is 13.8 Å². The Morgan fingerprint density at radius 3 is 2.64 bits per heavy atom. The van der Waals surface area contributed by atoms with Gasteiger partial charge in [-0.25, -0.2) is 4.98 Å². The Kier molecular flexibility index (Phi) is 5.21. The molecule has 7 heteroatoms. The summed E-state index contributed by atoms with van der Waals surface area (Å²) in [6.45, 7) is 4.90. The molecular weight excluding hydrogens is 374 g/mol. The number of nitrogens with zero attached hydrogens (tertiary/aromatic N) is 3. The highest BCUT2D eigenvalue weighted by atomic mass is 32.1. The van der Waals surface area contributed by atoms with Crippen LogP contribution in [0.4, 0.5) is 0 Å². The maximum atomic E-state index is 13.4. The van der Waals surface area contributed by atoms with Crippen LogP contribution in [0.3, 0.4) is 0 Å². The van der Waals surface area contributed by atoms with Crippen LogP contribution in [0.25, 0.3) is 0 Å². The molecule has 2 fully saturated rings. The summed E-state index contributed by atoms with van der Waals surface area (Å²) in [5, 5.41) is 0.866. The highest BCUT2D eigenvalue weighted by Gasteiger charge is 2.47. The lowest BCUT2D eigenvalue weighted by Gasteiger charge is -2.42. The van der Waals surface area contributed by atoms with Crippen LogP contribution in [0.5, 0.6) is 0 Å². The summed E-state index contributed by atoms with van der Waals surface area (Å²) in [5.41, 5.74) is 1.79. The predicted molar refractivity (Wildman–Crippen MR) is 107 cm³/mol. The molecule has 1 aromatic carbocycles. The molecule has 1 aromatic heterocycles. The van der Waals surface area contributed by atoms with Crippen LogP contribution in [0.2, 0.25) is 0 Å². The molecule has 2 aliphatic rings.